The number of hydrogen-bond acceptors (Lipinski definition) is 5. The quantitative estimate of drug-likeness (QED) is 0.881. The summed E-state index contributed by atoms with van der Waals surface area (Å²) in [6, 6.07) is 1.24. The summed E-state index contributed by atoms with van der Waals surface area (Å²) in [5.74, 6) is -0.692. The molecule has 1 amide bonds. The van der Waals surface area contributed by atoms with Gasteiger partial charge in [0.1, 0.15) is 11.0 Å². The maximum atomic E-state index is 12.3. The van der Waals surface area contributed by atoms with Crippen LogP contribution in [0, 0.1) is 13.8 Å². The third kappa shape index (κ3) is 3.30. The van der Waals surface area contributed by atoms with Crippen LogP contribution in [0.15, 0.2) is 18.5 Å². The summed E-state index contributed by atoms with van der Waals surface area (Å²) in [5, 5.41) is 7.40. The Morgan fingerprint density at radius 1 is 1.43 bits per heavy atom. The maximum Gasteiger partial charge on any atom is 0.340 e. The van der Waals surface area contributed by atoms with E-state index in [0.29, 0.717) is 10.6 Å². The molecule has 2 heterocycles. The molecule has 2 rings (SSSR count). The third-order valence-electron chi connectivity index (χ3n) is 3.00. The van der Waals surface area contributed by atoms with Gasteiger partial charge in [-0.15, -0.1) is 11.3 Å². The van der Waals surface area contributed by atoms with Crippen LogP contribution in [-0.4, -0.2) is 28.8 Å². The van der Waals surface area contributed by atoms with Gasteiger partial charge < -0.3 is 10.1 Å². The Kier molecular flexibility index (Phi) is 4.42. The minimum atomic E-state index is -0.466. The molecule has 0 aliphatic rings. The molecule has 0 spiro atoms. The molecule has 0 aromatic carbocycles. The average Bonchev–Trinajstić information content (AvgIpc) is 3.03. The normalized spacial score (nSPS) is 12.0. The Bertz CT molecular complexity index is 675. The molecular weight excluding hydrogens is 290 g/mol. The van der Waals surface area contributed by atoms with Crippen LogP contribution in [0.1, 0.15) is 33.8 Å². The Morgan fingerprint density at radius 3 is 2.71 bits per heavy atom. The number of esters is 1. The Morgan fingerprint density at radius 2 is 2.14 bits per heavy atom. The number of methoxy groups -OCH3 is 1. The molecule has 0 aliphatic heterocycles. The molecule has 2 aromatic heterocycles. The molecule has 1 atom stereocenters. The zero-order valence-electron chi connectivity index (χ0n) is 12.3. The number of thiophene rings is 1. The summed E-state index contributed by atoms with van der Waals surface area (Å²) in [5.41, 5.74) is 1.36. The van der Waals surface area contributed by atoms with Gasteiger partial charge in [-0.3, -0.25) is 9.48 Å². The highest BCUT2D eigenvalue weighted by Gasteiger charge is 2.21. The molecule has 0 bridgehead atoms. The number of carbonyl (C=O) groups excluding carboxylic acids is 2. The average molecular weight is 307 g/mol. The lowest BCUT2D eigenvalue weighted by Gasteiger charge is -2.12. The molecule has 0 saturated carbocycles. The monoisotopic (exact) mass is 307 g/mol. The van der Waals surface area contributed by atoms with Gasteiger partial charge in [-0.05, 0) is 32.4 Å². The largest absolute Gasteiger partial charge is 0.465 e. The molecule has 0 radical (unpaired) electrons. The predicted octanol–water partition coefficient (Wildman–Crippen LogP) is 2.55. The molecule has 1 N–H and O–H groups in total. The number of nitrogens with one attached hydrogen (secondary N) is 1. The molecule has 112 valence electrons. The molecule has 21 heavy (non-hydrogen) atoms. The molecule has 1 unspecified atom stereocenters. The van der Waals surface area contributed by atoms with Crippen molar-refractivity contribution in [3.8, 4) is 0 Å². The highest BCUT2D eigenvalue weighted by Crippen LogP contribution is 2.28. The van der Waals surface area contributed by atoms with Crippen LogP contribution in [-0.2, 0) is 9.53 Å². The van der Waals surface area contributed by atoms with E-state index in [1.807, 2.05) is 13.8 Å². The van der Waals surface area contributed by atoms with Crippen molar-refractivity contribution >= 4 is 28.2 Å². The van der Waals surface area contributed by atoms with Crippen molar-refractivity contribution < 1.29 is 14.3 Å². The van der Waals surface area contributed by atoms with Crippen molar-refractivity contribution in [1.82, 2.24) is 9.78 Å². The second-order valence-corrected chi connectivity index (χ2v) is 6.01. The Labute approximate surface area is 126 Å². The zero-order chi connectivity index (χ0) is 15.6. The fourth-order valence-electron chi connectivity index (χ4n) is 1.85. The second-order valence-electron chi connectivity index (χ2n) is 4.75. The van der Waals surface area contributed by atoms with Crippen molar-refractivity contribution in [1.29, 1.82) is 0 Å². The first-order valence-electron chi connectivity index (χ1n) is 6.42. The summed E-state index contributed by atoms with van der Waals surface area (Å²) < 4.78 is 6.31. The first kappa shape index (κ1) is 15.2. The fourth-order valence-corrected chi connectivity index (χ4v) is 2.75. The number of hydrogen-bond donors (Lipinski definition) is 1. The van der Waals surface area contributed by atoms with Gasteiger partial charge in [0.05, 0.1) is 18.9 Å². The first-order valence-corrected chi connectivity index (χ1v) is 7.24. The lowest BCUT2D eigenvalue weighted by Crippen LogP contribution is -2.24. The zero-order valence-corrected chi connectivity index (χ0v) is 13.2. The summed E-state index contributed by atoms with van der Waals surface area (Å²) in [7, 11) is 1.32. The van der Waals surface area contributed by atoms with Crippen molar-refractivity contribution in [2.45, 2.75) is 26.8 Å². The van der Waals surface area contributed by atoms with Crippen LogP contribution < -0.4 is 5.32 Å². The smallest absolute Gasteiger partial charge is 0.340 e. The molecule has 7 heteroatoms. The highest BCUT2D eigenvalue weighted by molar-refractivity contribution is 7.16. The minimum Gasteiger partial charge on any atom is -0.465 e. The third-order valence-corrected chi connectivity index (χ3v) is 3.97. The van der Waals surface area contributed by atoms with Gasteiger partial charge in [0, 0.05) is 11.1 Å². The van der Waals surface area contributed by atoms with Crippen LogP contribution in [0.2, 0.25) is 0 Å². The minimum absolute atomic E-state index is 0.231. The van der Waals surface area contributed by atoms with E-state index in [1.165, 1.54) is 18.4 Å². The van der Waals surface area contributed by atoms with E-state index in [0.717, 1.165) is 10.4 Å². The number of aryl methyl sites for hydroxylation is 2. The van der Waals surface area contributed by atoms with E-state index in [9.17, 15) is 9.59 Å². The number of amides is 1. The van der Waals surface area contributed by atoms with E-state index in [4.69, 9.17) is 4.74 Å². The number of carbonyl (C=O) groups is 2. The van der Waals surface area contributed by atoms with E-state index < -0.39 is 12.0 Å². The van der Waals surface area contributed by atoms with Crippen LogP contribution in [0.3, 0.4) is 0 Å². The standard InChI is InChI=1S/C14H17N3O3S/c1-8-6-15-17(7-8)10(3)12(18)16-13-11(14(19)20-4)5-9(2)21-13/h5-7,10H,1-4H3,(H,16,18). The topological polar surface area (TPSA) is 73.2 Å². The second kappa shape index (κ2) is 6.09. The number of ether oxygens (including phenoxy) is 1. The molecule has 0 aliphatic carbocycles. The maximum absolute atomic E-state index is 12.3. The summed E-state index contributed by atoms with van der Waals surface area (Å²) >= 11 is 1.34. The van der Waals surface area contributed by atoms with Crippen molar-refractivity contribution in [3.05, 3.63) is 34.5 Å². The highest BCUT2D eigenvalue weighted by atomic mass is 32.1. The van der Waals surface area contributed by atoms with E-state index in [-0.39, 0.29) is 5.91 Å². The Hall–Kier alpha value is -2.15. The van der Waals surface area contributed by atoms with Gasteiger partial charge in [0.2, 0.25) is 5.91 Å². The van der Waals surface area contributed by atoms with Gasteiger partial charge >= 0.3 is 5.97 Å². The van der Waals surface area contributed by atoms with Crippen molar-refractivity contribution in [3.63, 3.8) is 0 Å². The van der Waals surface area contributed by atoms with Gasteiger partial charge in [-0.25, -0.2) is 4.79 Å². The van der Waals surface area contributed by atoms with E-state index >= 15 is 0 Å². The number of rotatable bonds is 4. The lowest BCUT2D eigenvalue weighted by molar-refractivity contribution is -0.119. The van der Waals surface area contributed by atoms with Crippen molar-refractivity contribution in [2.24, 2.45) is 0 Å². The predicted molar refractivity (Wildman–Crippen MR) is 80.7 cm³/mol. The molecule has 2 aromatic rings. The number of anilines is 1. The summed E-state index contributed by atoms with van der Waals surface area (Å²) in [6.45, 7) is 5.53. The van der Waals surface area contributed by atoms with Gasteiger partial charge in [-0.1, -0.05) is 0 Å². The van der Waals surface area contributed by atoms with Gasteiger partial charge in [0.25, 0.3) is 0 Å². The molecule has 0 fully saturated rings. The van der Waals surface area contributed by atoms with E-state index in [2.05, 4.69) is 10.4 Å². The SMILES string of the molecule is COC(=O)c1cc(C)sc1NC(=O)C(C)n1cc(C)cn1. The first-order chi connectivity index (χ1) is 9.92. The summed E-state index contributed by atoms with van der Waals surface area (Å²) in [4.78, 5) is 24.9. The van der Waals surface area contributed by atoms with Gasteiger partial charge in [0.15, 0.2) is 0 Å². The molecule has 0 saturated heterocycles. The van der Waals surface area contributed by atoms with Crippen LogP contribution >= 0.6 is 11.3 Å². The number of aromatic nitrogens is 2. The van der Waals surface area contributed by atoms with Crippen molar-refractivity contribution in [2.75, 3.05) is 12.4 Å². The van der Waals surface area contributed by atoms with Crippen LogP contribution in [0.4, 0.5) is 5.00 Å². The Balaban J connectivity index is 2.18. The number of nitrogens with zero attached hydrogens (tertiary/aromatic N) is 2. The summed E-state index contributed by atoms with van der Waals surface area (Å²) in [6.07, 6.45) is 3.49. The molecular formula is C14H17N3O3S. The molecule has 6 nitrogen and oxygen atoms in total. The van der Waals surface area contributed by atoms with Crippen LogP contribution in [0.25, 0.3) is 0 Å². The van der Waals surface area contributed by atoms with Gasteiger partial charge in [-0.2, -0.15) is 5.10 Å². The fraction of sp³-hybridized carbons (Fsp3) is 0.357. The van der Waals surface area contributed by atoms with Crippen LogP contribution in [0.5, 0.6) is 0 Å². The van der Waals surface area contributed by atoms with E-state index in [1.54, 1.807) is 30.1 Å². The lowest BCUT2D eigenvalue weighted by atomic mass is 10.2.